The van der Waals surface area contributed by atoms with Crippen LogP contribution < -0.4 is 5.32 Å². The predicted molar refractivity (Wildman–Crippen MR) is 78.7 cm³/mol. The minimum atomic E-state index is -4.31. The van der Waals surface area contributed by atoms with Crippen LogP contribution in [-0.4, -0.2) is 18.0 Å². The van der Waals surface area contributed by atoms with Crippen molar-refractivity contribution in [3.05, 3.63) is 52.2 Å². The first-order chi connectivity index (χ1) is 9.94. The number of alkyl halides is 3. The maximum absolute atomic E-state index is 12.2. The number of hydrogen-bond donors (Lipinski definition) is 1. The lowest BCUT2D eigenvalue weighted by molar-refractivity contribution is -0.0328. The van der Waals surface area contributed by atoms with Crippen molar-refractivity contribution in [2.45, 2.75) is 16.8 Å². The highest BCUT2D eigenvalue weighted by atomic mass is 32.2. The Morgan fingerprint density at radius 2 is 1.90 bits per heavy atom. The molecule has 0 unspecified atom stereocenters. The summed E-state index contributed by atoms with van der Waals surface area (Å²) < 4.78 is 36.6. The summed E-state index contributed by atoms with van der Waals surface area (Å²) in [5.74, 6) is -0.282. The Hall–Kier alpha value is -1.47. The first kappa shape index (κ1) is 15.9. The number of thiophene rings is 1. The first-order valence-corrected chi connectivity index (χ1v) is 7.80. The van der Waals surface area contributed by atoms with Gasteiger partial charge in [-0.25, -0.2) is 0 Å². The smallest absolute Gasteiger partial charge is 0.352 e. The molecule has 7 heteroatoms. The van der Waals surface area contributed by atoms with Gasteiger partial charge in [0.05, 0.1) is 0 Å². The van der Waals surface area contributed by atoms with Gasteiger partial charge < -0.3 is 5.32 Å². The zero-order valence-corrected chi connectivity index (χ0v) is 12.4. The van der Waals surface area contributed by atoms with E-state index >= 15 is 0 Å². The number of thioether (sulfide) groups is 1. The molecule has 1 N–H and O–H groups in total. The van der Waals surface area contributed by atoms with Crippen molar-refractivity contribution in [1.29, 1.82) is 0 Å². The third-order valence-corrected chi connectivity index (χ3v) is 4.26. The minimum absolute atomic E-state index is 0.0673. The molecule has 0 saturated carbocycles. The van der Waals surface area contributed by atoms with E-state index in [0.717, 1.165) is 6.42 Å². The Morgan fingerprint density at radius 1 is 1.19 bits per heavy atom. The fourth-order valence-corrected chi connectivity index (χ4v) is 2.91. The average Bonchev–Trinajstić information content (AvgIpc) is 2.91. The van der Waals surface area contributed by atoms with Gasteiger partial charge in [-0.2, -0.15) is 13.2 Å². The van der Waals surface area contributed by atoms with E-state index in [4.69, 9.17) is 0 Å². The Balaban J connectivity index is 1.85. The quantitative estimate of drug-likeness (QED) is 0.826. The van der Waals surface area contributed by atoms with E-state index in [1.54, 1.807) is 11.3 Å². The van der Waals surface area contributed by atoms with Crippen LogP contribution in [0.1, 0.15) is 15.2 Å². The van der Waals surface area contributed by atoms with Crippen LogP contribution in [0.4, 0.5) is 13.2 Å². The molecule has 0 fully saturated rings. The summed E-state index contributed by atoms with van der Waals surface area (Å²) in [7, 11) is 0. The average molecular weight is 331 g/mol. The van der Waals surface area contributed by atoms with Gasteiger partial charge in [-0.1, -0.05) is 6.07 Å². The molecular formula is C14H12F3NOS2. The van der Waals surface area contributed by atoms with E-state index in [1.165, 1.54) is 29.1 Å². The molecular weight excluding hydrogens is 319 g/mol. The van der Waals surface area contributed by atoms with Crippen LogP contribution in [-0.2, 0) is 6.42 Å². The first-order valence-electron chi connectivity index (χ1n) is 6.10. The molecule has 0 bridgehead atoms. The highest BCUT2D eigenvalue weighted by Crippen LogP contribution is 2.36. The zero-order valence-electron chi connectivity index (χ0n) is 10.8. The summed E-state index contributed by atoms with van der Waals surface area (Å²) >= 11 is 1.42. The number of amides is 1. The Kier molecular flexibility index (Phi) is 5.30. The van der Waals surface area contributed by atoms with Crippen molar-refractivity contribution in [2.24, 2.45) is 0 Å². The Bertz CT molecular complexity index is 579. The number of hydrogen-bond acceptors (Lipinski definition) is 3. The molecule has 1 aromatic heterocycles. The van der Waals surface area contributed by atoms with Crippen molar-refractivity contribution in [2.75, 3.05) is 6.54 Å². The topological polar surface area (TPSA) is 29.1 Å². The molecule has 0 aliphatic carbocycles. The zero-order chi connectivity index (χ0) is 15.3. The second kappa shape index (κ2) is 7.00. The number of rotatable bonds is 5. The number of halogens is 3. The van der Waals surface area contributed by atoms with Crippen LogP contribution in [0.25, 0.3) is 0 Å². The van der Waals surface area contributed by atoms with Crippen molar-refractivity contribution < 1.29 is 18.0 Å². The normalized spacial score (nSPS) is 11.4. The summed E-state index contributed by atoms with van der Waals surface area (Å²) in [6.07, 6.45) is 0.741. The number of benzene rings is 1. The third-order valence-electron chi connectivity index (χ3n) is 2.59. The van der Waals surface area contributed by atoms with E-state index in [2.05, 4.69) is 5.32 Å². The van der Waals surface area contributed by atoms with Crippen LogP contribution in [0.15, 0.2) is 46.7 Å². The van der Waals surface area contributed by atoms with Gasteiger partial charge in [0.15, 0.2) is 0 Å². The van der Waals surface area contributed by atoms with Crippen molar-refractivity contribution >= 4 is 29.0 Å². The standard InChI is InChI=1S/C14H12F3NOS2/c15-14(16,17)21-12-5-3-10(4-6-12)13(19)18-8-7-11-2-1-9-20-11/h1-6,9H,7-8H2,(H,18,19). The molecule has 0 saturated heterocycles. The fourth-order valence-electron chi connectivity index (χ4n) is 1.66. The lowest BCUT2D eigenvalue weighted by atomic mass is 10.2. The SMILES string of the molecule is O=C(NCCc1cccs1)c1ccc(SC(F)(F)F)cc1. The van der Waals surface area contributed by atoms with E-state index in [-0.39, 0.29) is 22.6 Å². The Morgan fingerprint density at radius 3 is 2.48 bits per heavy atom. The van der Waals surface area contributed by atoms with Gasteiger partial charge in [0.1, 0.15) is 0 Å². The van der Waals surface area contributed by atoms with Crippen LogP contribution in [0.2, 0.25) is 0 Å². The summed E-state index contributed by atoms with van der Waals surface area (Å²) in [5, 5.41) is 4.71. The molecule has 0 aliphatic rings. The Labute approximate surface area is 128 Å². The van der Waals surface area contributed by atoms with Crippen molar-refractivity contribution in [3.8, 4) is 0 Å². The molecule has 2 aromatic rings. The minimum Gasteiger partial charge on any atom is -0.352 e. The van der Waals surface area contributed by atoms with Crippen molar-refractivity contribution in [3.63, 3.8) is 0 Å². The van der Waals surface area contributed by atoms with Crippen molar-refractivity contribution in [1.82, 2.24) is 5.32 Å². The predicted octanol–water partition coefficient (Wildman–Crippen LogP) is 4.33. The van der Waals surface area contributed by atoms with E-state index in [9.17, 15) is 18.0 Å². The van der Waals surface area contributed by atoms with Crippen LogP contribution in [0.5, 0.6) is 0 Å². The molecule has 112 valence electrons. The second-order valence-corrected chi connectivity index (χ2v) is 6.33. The third kappa shape index (κ3) is 5.43. The molecule has 21 heavy (non-hydrogen) atoms. The molecule has 0 aliphatic heterocycles. The van der Waals surface area contributed by atoms with Crippen LogP contribution >= 0.6 is 23.1 Å². The van der Waals surface area contributed by atoms with Gasteiger partial charge in [0, 0.05) is 21.9 Å². The number of carbonyl (C=O) groups is 1. The molecule has 2 nitrogen and oxygen atoms in total. The molecule has 0 radical (unpaired) electrons. The van der Waals surface area contributed by atoms with E-state index in [1.807, 2.05) is 17.5 Å². The second-order valence-electron chi connectivity index (χ2n) is 4.16. The molecule has 0 atom stereocenters. The summed E-state index contributed by atoms with van der Waals surface area (Å²) in [4.78, 5) is 13.1. The van der Waals surface area contributed by atoms with Crippen LogP contribution in [0, 0.1) is 0 Å². The molecule has 1 amide bonds. The summed E-state index contributed by atoms with van der Waals surface area (Å²) in [6.45, 7) is 0.498. The van der Waals surface area contributed by atoms with Crippen LogP contribution in [0.3, 0.4) is 0 Å². The lowest BCUT2D eigenvalue weighted by Gasteiger charge is -2.07. The van der Waals surface area contributed by atoms with Gasteiger partial charge in [0.25, 0.3) is 5.91 Å². The highest BCUT2D eigenvalue weighted by Gasteiger charge is 2.29. The van der Waals surface area contributed by atoms with Gasteiger partial charge in [-0.05, 0) is 53.9 Å². The lowest BCUT2D eigenvalue weighted by Crippen LogP contribution is -2.25. The number of carbonyl (C=O) groups excluding carboxylic acids is 1. The number of nitrogens with one attached hydrogen (secondary N) is 1. The molecule has 1 aromatic carbocycles. The molecule has 1 heterocycles. The fraction of sp³-hybridized carbons (Fsp3) is 0.214. The summed E-state index contributed by atoms with van der Waals surface area (Å²) in [6, 6.07) is 9.32. The molecule has 2 rings (SSSR count). The van der Waals surface area contributed by atoms with Gasteiger partial charge in [-0.15, -0.1) is 11.3 Å². The highest BCUT2D eigenvalue weighted by molar-refractivity contribution is 8.00. The maximum Gasteiger partial charge on any atom is 0.446 e. The van der Waals surface area contributed by atoms with E-state index < -0.39 is 5.51 Å². The largest absolute Gasteiger partial charge is 0.446 e. The van der Waals surface area contributed by atoms with Gasteiger partial charge >= 0.3 is 5.51 Å². The van der Waals surface area contributed by atoms with Gasteiger partial charge in [-0.3, -0.25) is 4.79 Å². The summed E-state index contributed by atoms with van der Waals surface area (Å²) in [5.41, 5.74) is -3.96. The molecule has 0 spiro atoms. The maximum atomic E-state index is 12.2. The van der Waals surface area contributed by atoms with Gasteiger partial charge in [0.2, 0.25) is 0 Å². The monoisotopic (exact) mass is 331 g/mol. The van der Waals surface area contributed by atoms with E-state index in [0.29, 0.717) is 12.1 Å².